The van der Waals surface area contributed by atoms with Crippen molar-refractivity contribution in [2.75, 3.05) is 7.05 Å². The van der Waals surface area contributed by atoms with Crippen LogP contribution in [0.3, 0.4) is 0 Å². The number of halogens is 3. The number of sulfonamides is 1. The van der Waals surface area contributed by atoms with E-state index in [-0.39, 0.29) is 10.5 Å². The summed E-state index contributed by atoms with van der Waals surface area (Å²) >= 11 is 0. The summed E-state index contributed by atoms with van der Waals surface area (Å²) in [7, 11) is -3.03. The molecule has 2 aromatic carbocycles. The highest BCUT2D eigenvalue weighted by molar-refractivity contribution is 7.89. The van der Waals surface area contributed by atoms with Crippen LogP contribution < -0.4 is 0 Å². The first-order valence-corrected chi connectivity index (χ1v) is 9.30. The fourth-order valence-electron chi connectivity index (χ4n) is 2.51. The lowest BCUT2D eigenvalue weighted by Crippen LogP contribution is -2.43. The van der Waals surface area contributed by atoms with Gasteiger partial charge in [0.05, 0.1) is 10.5 Å². The second-order valence-corrected chi connectivity index (χ2v) is 8.09. The van der Waals surface area contributed by atoms with Crippen LogP contribution in [0, 0.1) is 6.92 Å². The number of carboxylic acid groups (broad SMARTS) is 1. The highest BCUT2D eigenvalue weighted by Crippen LogP contribution is 2.30. The summed E-state index contributed by atoms with van der Waals surface area (Å²) in [5.74, 6) is -1.45. The number of carbonyl (C=O) groups is 1. The van der Waals surface area contributed by atoms with Crippen LogP contribution in [-0.2, 0) is 27.4 Å². The van der Waals surface area contributed by atoms with Gasteiger partial charge in [0.2, 0.25) is 10.0 Å². The van der Waals surface area contributed by atoms with Gasteiger partial charge in [-0.3, -0.25) is 4.79 Å². The lowest BCUT2D eigenvalue weighted by atomic mass is 10.0. The van der Waals surface area contributed by atoms with E-state index in [1.807, 2.05) is 0 Å². The number of rotatable bonds is 6. The van der Waals surface area contributed by atoms with Gasteiger partial charge < -0.3 is 5.11 Å². The van der Waals surface area contributed by atoms with Crippen LogP contribution in [-0.4, -0.2) is 36.9 Å². The molecule has 0 spiro atoms. The van der Waals surface area contributed by atoms with E-state index in [4.69, 9.17) is 0 Å². The Hall–Kier alpha value is -2.39. The number of aryl methyl sites for hydroxylation is 1. The van der Waals surface area contributed by atoms with Gasteiger partial charge in [-0.25, -0.2) is 8.42 Å². The molecular weight excluding hydrogens is 383 g/mol. The van der Waals surface area contributed by atoms with Crippen molar-refractivity contribution in [3.63, 3.8) is 0 Å². The van der Waals surface area contributed by atoms with Crippen LogP contribution in [0.25, 0.3) is 0 Å². The smallest absolute Gasteiger partial charge is 0.416 e. The number of aliphatic carboxylic acids is 1. The normalized spacial score (nSPS) is 13.6. The number of nitrogens with zero attached hydrogens (tertiary/aromatic N) is 1. The van der Waals surface area contributed by atoms with E-state index >= 15 is 0 Å². The Kier molecular flexibility index (Phi) is 5.96. The summed E-state index contributed by atoms with van der Waals surface area (Å²) in [6.07, 6.45) is -4.98. The molecule has 0 radical (unpaired) electrons. The second-order valence-electron chi connectivity index (χ2n) is 6.09. The Balaban J connectivity index is 2.35. The predicted octanol–water partition coefficient (Wildman–Crippen LogP) is 3.33. The molecule has 2 rings (SSSR count). The fraction of sp³-hybridized carbons (Fsp3) is 0.278. The van der Waals surface area contributed by atoms with E-state index in [0.29, 0.717) is 4.31 Å². The first kappa shape index (κ1) is 20.9. The van der Waals surface area contributed by atoms with E-state index < -0.39 is 40.2 Å². The Morgan fingerprint density at radius 3 is 2.26 bits per heavy atom. The minimum atomic E-state index is -4.57. The maximum absolute atomic E-state index is 12.8. The number of benzene rings is 2. The molecule has 0 heterocycles. The Morgan fingerprint density at radius 1 is 1.15 bits per heavy atom. The predicted molar refractivity (Wildman–Crippen MR) is 92.7 cm³/mol. The average molecular weight is 401 g/mol. The first-order chi connectivity index (χ1) is 12.4. The van der Waals surface area contributed by atoms with Crippen LogP contribution in [0.2, 0.25) is 0 Å². The molecule has 0 aromatic heterocycles. The molecule has 0 fully saturated rings. The quantitative estimate of drug-likeness (QED) is 0.806. The molecule has 0 amide bonds. The van der Waals surface area contributed by atoms with Crippen molar-refractivity contribution in [3.8, 4) is 0 Å². The van der Waals surface area contributed by atoms with Crippen LogP contribution in [0.15, 0.2) is 53.4 Å². The minimum Gasteiger partial charge on any atom is -0.480 e. The monoisotopic (exact) mass is 401 g/mol. The lowest BCUT2D eigenvalue weighted by molar-refractivity contribution is -0.141. The van der Waals surface area contributed by atoms with Gasteiger partial charge in [-0.2, -0.15) is 17.5 Å². The summed E-state index contributed by atoms with van der Waals surface area (Å²) in [6, 6.07) is 8.47. The van der Waals surface area contributed by atoms with Crippen molar-refractivity contribution >= 4 is 16.0 Å². The van der Waals surface area contributed by atoms with Gasteiger partial charge in [-0.15, -0.1) is 0 Å². The zero-order valence-electron chi connectivity index (χ0n) is 14.6. The van der Waals surface area contributed by atoms with Gasteiger partial charge in [-0.05, 0) is 37.1 Å². The average Bonchev–Trinajstić information content (AvgIpc) is 2.58. The summed E-state index contributed by atoms with van der Waals surface area (Å²) < 4.78 is 64.6. The van der Waals surface area contributed by atoms with E-state index in [1.165, 1.54) is 18.2 Å². The maximum Gasteiger partial charge on any atom is 0.416 e. The molecule has 27 heavy (non-hydrogen) atoms. The van der Waals surface area contributed by atoms with Gasteiger partial charge in [0.15, 0.2) is 0 Å². The molecule has 5 nitrogen and oxygen atoms in total. The maximum atomic E-state index is 12.8. The van der Waals surface area contributed by atoms with Crippen molar-refractivity contribution in [1.82, 2.24) is 4.31 Å². The second kappa shape index (κ2) is 7.69. The molecule has 0 aliphatic heterocycles. The minimum absolute atomic E-state index is 0.0724. The van der Waals surface area contributed by atoms with Crippen molar-refractivity contribution in [2.24, 2.45) is 0 Å². The largest absolute Gasteiger partial charge is 0.480 e. The molecule has 1 N–H and O–H groups in total. The van der Waals surface area contributed by atoms with Gasteiger partial charge in [0.25, 0.3) is 0 Å². The molecule has 0 unspecified atom stereocenters. The summed E-state index contributed by atoms with van der Waals surface area (Å²) in [6.45, 7) is 1.77. The molecule has 9 heteroatoms. The third-order valence-corrected chi connectivity index (χ3v) is 5.99. The molecule has 0 bridgehead atoms. The van der Waals surface area contributed by atoms with Gasteiger partial charge in [-0.1, -0.05) is 35.9 Å². The van der Waals surface area contributed by atoms with E-state index in [0.717, 1.165) is 30.8 Å². The van der Waals surface area contributed by atoms with Gasteiger partial charge in [0, 0.05) is 7.05 Å². The number of carboxylic acids is 1. The van der Waals surface area contributed by atoms with Crippen LogP contribution in [0.1, 0.15) is 16.7 Å². The molecular formula is C18H18F3NO4S. The van der Waals surface area contributed by atoms with Crippen molar-refractivity contribution in [2.45, 2.75) is 30.5 Å². The lowest BCUT2D eigenvalue weighted by Gasteiger charge is -2.24. The summed E-state index contributed by atoms with van der Waals surface area (Å²) in [5, 5.41) is 9.46. The van der Waals surface area contributed by atoms with Crippen LogP contribution in [0.4, 0.5) is 13.2 Å². The number of likely N-dealkylation sites (N-methyl/N-ethyl adjacent to an activating group) is 1. The van der Waals surface area contributed by atoms with Crippen LogP contribution in [0.5, 0.6) is 0 Å². The number of hydrogen-bond donors (Lipinski definition) is 1. The SMILES string of the molecule is Cc1ccc(S(=O)(=O)N(C)[C@@H](Cc2cccc(C(F)(F)F)c2)C(=O)O)cc1. The molecule has 0 saturated heterocycles. The molecule has 1 atom stereocenters. The zero-order chi connectivity index (χ0) is 20.4. The molecule has 146 valence electrons. The highest BCUT2D eigenvalue weighted by Gasteiger charge is 2.34. The van der Waals surface area contributed by atoms with Gasteiger partial charge >= 0.3 is 12.1 Å². The standard InChI is InChI=1S/C18H18F3NO4S/c1-12-6-8-15(9-7-12)27(25,26)22(2)16(17(23)24)11-13-4-3-5-14(10-13)18(19,20)21/h3-10,16H,11H2,1-2H3,(H,23,24)/t16-/m0/s1. The first-order valence-electron chi connectivity index (χ1n) is 7.86. The topological polar surface area (TPSA) is 74.7 Å². The van der Waals surface area contributed by atoms with E-state index in [2.05, 4.69) is 0 Å². The van der Waals surface area contributed by atoms with Crippen molar-refractivity contribution < 1.29 is 31.5 Å². The summed E-state index contributed by atoms with van der Waals surface area (Å²) in [4.78, 5) is 11.5. The van der Waals surface area contributed by atoms with E-state index in [1.54, 1.807) is 19.1 Å². The molecule has 0 aliphatic rings. The number of alkyl halides is 3. The molecule has 0 aliphatic carbocycles. The van der Waals surface area contributed by atoms with Crippen LogP contribution >= 0.6 is 0 Å². The van der Waals surface area contributed by atoms with Crippen molar-refractivity contribution in [3.05, 3.63) is 65.2 Å². The third-order valence-electron chi connectivity index (χ3n) is 4.11. The zero-order valence-corrected chi connectivity index (χ0v) is 15.4. The Morgan fingerprint density at radius 2 is 1.74 bits per heavy atom. The van der Waals surface area contributed by atoms with Crippen molar-refractivity contribution in [1.29, 1.82) is 0 Å². The highest BCUT2D eigenvalue weighted by atomic mass is 32.2. The number of hydrogen-bond acceptors (Lipinski definition) is 3. The van der Waals surface area contributed by atoms with Gasteiger partial charge in [0.1, 0.15) is 6.04 Å². The fourth-order valence-corrected chi connectivity index (χ4v) is 3.83. The molecule has 0 saturated carbocycles. The third kappa shape index (κ3) is 4.86. The Bertz CT molecular complexity index is 924. The Labute approximate surface area is 155 Å². The van der Waals surface area contributed by atoms with E-state index in [9.17, 15) is 31.5 Å². The summed E-state index contributed by atoms with van der Waals surface area (Å²) in [5.41, 5.74) is -0.0216. The molecule has 2 aromatic rings.